The summed E-state index contributed by atoms with van der Waals surface area (Å²) in [6.07, 6.45) is 0. The molecule has 0 saturated carbocycles. The van der Waals surface area contributed by atoms with Gasteiger partial charge >= 0.3 is 12.1 Å². The van der Waals surface area contributed by atoms with Gasteiger partial charge in [-0.1, -0.05) is 0 Å². The second kappa shape index (κ2) is 2.31. The molecule has 2 nitrogen and oxygen atoms in total. The highest BCUT2D eigenvalue weighted by molar-refractivity contribution is 4.78. The van der Waals surface area contributed by atoms with Crippen LogP contribution in [-0.2, 0) is 4.74 Å². The maximum Gasteiger partial charge on any atom is 0.332 e. The van der Waals surface area contributed by atoms with Crippen molar-refractivity contribution in [3.8, 4) is 0 Å². The highest BCUT2D eigenvalue weighted by Crippen LogP contribution is 2.33. The summed E-state index contributed by atoms with van der Waals surface area (Å²) in [4.78, 5) is -0.274. The number of halogens is 4. The molecule has 1 aliphatic rings. The van der Waals surface area contributed by atoms with Gasteiger partial charge in [0.1, 0.15) is 13.2 Å². The molecule has 1 heterocycles. The fourth-order valence-electron chi connectivity index (χ4n) is 0.730. The van der Waals surface area contributed by atoms with Gasteiger partial charge in [0.15, 0.2) is 0 Å². The quantitative estimate of drug-likeness (QED) is 0.402. The van der Waals surface area contributed by atoms with Gasteiger partial charge in [-0.3, -0.25) is 0 Å². The van der Waals surface area contributed by atoms with Crippen LogP contribution in [0.15, 0.2) is 0 Å². The molecular weight excluding hydrogens is 166 g/mol. The fourth-order valence-corrected chi connectivity index (χ4v) is 0.730. The number of alkyl halides is 4. The summed E-state index contributed by atoms with van der Waals surface area (Å²) in [7, 11) is 0.669. The maximum atomic E-state index is 12.4. The Kier molecular flexibility index (Phi) is 1.84. The zero-order valence-corrected chi connectivity index (χ0v) is 5.78. The van der Waals surface area contributed by atoms with E-state index in [0.717, 1.165) is 0 Å². The molecule has 0 atom stereocenters. The molecule has 1 saturated heterocycles. The molecule has 66 valence electrons. The van der Waals surface area contributed by atoms with E-state index in [1.165, 1.54) is 0 Å². The zero-order chi connectivity index (χ0) is 8.70. The Morgan fingerprint density at radius 1 is 1.09 bits per heavy atom. The summed E-state index contributed by atoms with van der Waals surface area (Å²) in [5.41, 5.74) is 0. The molecule has 0 aromatic carbocycles. The van der Waals surface area contributed by atoms with Crippen molar-refractivity contribution in [3.05, 3.63) is 0 Å². The van der Waals surface area contributed by atoms with Gasteiger partial charge in [0.05, 0.1) is 0 Å². The lowest BCUT2D eigenvalue weighted by atomic mass is 10.4. The van der Waals surface area contributed by atoms with E-state index in [9.17, 15) is 17.6 Å². The van der Waals surface area contributed by atoms with E-state index < -0.39 is 25.3 Å². The van der Waals surface area contributed by atoms with E-state index in [0.29, 0.717) is 7.05 Å². The Morgan fingerprint density at radius 2 is 1.45 bits per heavy atom. The molecule has 0 aliphatic carbocycles. The average Bonchev–Trinajstić information content (AvgIpc) is 1.82. The Bertz CT molecular complexity index is 145. The Morgan fingerprint density at radius 3 is 1.73 bits per heavy atom. The van der Waals surface area contributed by atoms with Gasteiger partial charge in [-0.2, -0.15) is 22.5 Å². The van der Waals surface area contributed by atoms with Gasteiger partial charge in [-0.15, -0.1) is 0 Å². The van der Waals surface area contributed by atoms with Gasteiger partial charge in [-0.25, -0.2) is 0 Å². The minimum Gasteiger partial charge on any atom is -0.366 e. The van der Waals surface area contributed by atoms with Gasteiger partial charge in [0.25, 0.3) is 0 Å². The van der Waals surface area contributed by atoms with Crippen LogP contribution >= 0.6 is 0 Å². The number of nitrogens with zero attached hydrogens (tertiary/aromatic N) is 1. The summed E-state index contributed by atoms with van der Waals surface area (Å²) in [5, 5.41) is 0. The molecule has 0 aromatic heterocycles. The standard InChI is InChI=1S/C5H7F4NO/c1-10-4(6,7)2-11-3-5(10,8)9/h2-3H2,1H3. The average molecular weight is 173 g/mol. The van der Waals surface area contributed by atoms with E-state index in [2.05, 4.69) is 4.74 Å². The molecule has 0 unspecified atom stereocenters. The van der Waals surface area contributed by atoms with Crippen LogP contribution in [0.4, 0.5) is 17.6 Å². The lowest BCUT2D eigenvalue weighted by molar-refractivity contribution is -0.332. The molecule has 0 spiro atoms. The normalized spacial score (nSPS) is 30.3. The summed E-state index contributed by atoms with van der Waals surface area (Å²) in [6.45, 7) is -1.95. The van der Waals surface area contributed by atoms with Crippen molar-refractivity contribution in [1.29, 1.82) is 0 Å². The van der Waals surface area contributed by atoms with E-state index in [4.69, 9.17) is 0 Å². The topological polar surface area (TPSA) is 12.5 Å². The zero-order valence-electron chi connectivity index (χ0n) is 5.78. The van der Waals surface area contributed by atoms with Crippen LogP contribution in [0.5, 0.6) is 0 Å². The van der Waals surface area contributed by atoms with Crippen LogP contribution in [0.25, 0.3) is 0 Å². The van der Waals surface area contributed by atoms with Crippen molar-refractivity contribution in [3.63, 3.8) is 0 Å². The second-order valence-electron chi connectivity index (χ2n) is 2.38. The highest BCUT2D eigenvalue weighted by atomic mass is 19.3. The lowest BCUT2D eigenvalue weighted by Gasteiger charge is -2.37. The van der Waals surface area contributed by atoms with Crippen LogP contribution < -0.4 is 0 Å². The third-order valence-electron chi connectivity index (χ3n) is 1.53. The van der Waals surface area contributed by atoms with Gasteiger partial charge in [0.2, 0.25) is 0 Å². The third-order valence-corrected chi connectivity index (χ3v) is 1.53. The van der Waals surface area contributed by atoms with E-state index in [1.54, 1.807) is 0 Å². The molecule has 6 heteroatoms. The van der Waals surface area contributed by atoms with Crippen molar-refractivity contribution in [2.24, 2.45) is 0 Å². The molecular formula is C5H7F4NO. The molecule has 11 heavy (non-hydrogen) atoms. The first-order chi connectivity index (χ1) is 4.86. The summed E-state index contributed by atoms with van der Waals surface area (Å²) >= 11 is 0. The minimum atomic E-state index is -3.57. The van der Waals surface area contributed by atoms with Crippen molar-refractivity contribution >= 4 is 0 Å². The van der Waals surface area contributed by atoms with Crippen LogP contribution in [0.2, 0.25) is 0 Å². The lowest BCUT2D eigenvalue weighted by Crippen LogP contribution is -2.58. The second-order valence-corrected chi connectivity index (χ2v) is 2.38. The van der Waals surface area contributed by atoms with E-state index in [-0.39, 0.29) is 4.90 Å². The van der Waals surface area contributed by atoms with Crippen LogP contribution in [0.3, 0.4) is 0 Å². The fraction of sp³-hybridized carbons (Fsp3) is 1.00. The minimum absolute atomic E-state index is 0.274. The van der Waals surface area contributed by atoms with Crippen molar-refractivity contribution in [1.82, 2.24) is 4.90 Å². The van der Waals surface area contributed by atoms with Crippen LogP contribution in [-0.4, -0.2) is 37.3 Å². The van der Waals surface area contributed by atoms with Crippen molar-refractivity contribution in [2.75, 3.05) is 20.3 Å². The summed E-state index contributed by atoms with van der Waals surface area (Å²) in [6, 6.07) is -7.14. The molecule has 1 fully saturated rings. The van der Waals surface area contributed by atoms with Crippen LogP contribution in [0.1, 0.15) is 0 Å². The Balaban J connectivity index is 2.76. The molecule has 0 bridgehead atoms. The first kappa shape index (κ1) is 8.73. The van der Waals surface area contributed by atoms with Crippen molar-refractivity contribution in [2.45, 2.75) is 12.1 Å². The van der Waals surface area contributed by atoms with Crippen LogP contribution in [0, 0.1) is 0 Å². The first-order valence-corrected chi connectivity index (χ1v) is 2.93. The number of hydrogen-bond donors (Lipinski definition) is 0. The van der Waals surface area contributed by atoms with Gasteiger partial charge in [0, 0.05) is 0 Å². The molecule has 0 radical (unpaired) electrons. The number of ether oxygens (including phenoxy) is 1. The number of rotatable bonds is 0. The smallest absolute Gasteiger partial charge is 0.332 e. The third kappa shape index (κ3) is 1.46. The monoisotopic (exact) mass is 173 g/mol. The number of likely N-dealkylation sites (N-methyl/N-ethyl adjacent to an activating group) is 1. The molecule has 0 aromatic rings. The summed E-state index contributed by atoms with van der Waals surface area (Å²) < 4.78 is 53.7. The van der Waals surface area contributed by atoms with E-state index in [1.807, 2.05) is 0 Å². The van der Waals surface area contributed by atoms with E-state index >= 15 is 0 Å². The maximum absolute atomic E-state index is 12.4. The Hall–Kier alpha value is -0.360. The SMILES string of the molecule is CN1C(F)(F)COCC1(F)F. The van der Waals surface area contributed by atoms with Gasteiger partial charge in [-0.05, 0) is 7.05 Å². The Labute approximate surface area is 60.7 Å². The predicted octanol–water partition coefficient (Wildman–Crippen LogP) is 1.13. The van der Waals surface area contributed by atoms with Gasteiger partial charge < -0.3 is 4.74 Å². The highest BCUT2D eigenvalue weighted by Gasteiger charge is 2.53. The largest absolute Gasteiger partial charge is 0.366 e. The molecule has 1 rings (SSSR count). The molecule has 1 aliphatic heterocycles. The molecule has 0 N–H and O–H groups in total. The summed E-state index contributed by atoms with van der Waals surface area (Å²) in [5.74, 6) is 0. The molecule has 0 amide bonds. The first-order valence-electron chi connectivity index (χ1n) is 2.93. The number of hydrogen-bond acceptors (Lipinski definition) is 2. The number of morpholine rings is 1. The predicted molar refractivity (Wildman–Crippen MR) is 28.5 cm³/mol. The van der Waals surface area contributed by atoms with Crippen molar-refractivity contribution < 1.29 is 22.3 Å².